The van der Waals surface area contributed by atoms with E-state index in [2.05, 4.69) is 37.2 Å². The number of aromatic nitrogens is 5. The predicted molar refractivity (Wildman–Crippen MR) is 165 cm³/mol. The van der Waals surface area contributed by atoms with Crippen molar-refractivity contribution in [2.24, 2.45) is 0 Å². The molecule has 0 saturated carbocycles. The number of aliphatic hydroxyl groups excluding tert-OH is 1. The molecule has 11 heteroatoms. The van der Waals surface area contributed by atoms with E-state index >= 15 is 0 Å². The van der Waals surface area contributed by atoms with Crippen molar-refractivity contribution >= 4 is 5.71 Å². The van der Waals surface area contributed by atoms with Crippen LogP contribution in [0.2, 0.25) is 0 Å². The molecule has 0 bridgehead atoms. The standard InChI is InChI=1S/C18H16N4O2.C8H10N2O.C7H6N2/c1-11(2)23-16-5-4-13(8-14(16)9-19)18-21-17(22-24-18)15-6-7-20-10-12(15)3;1-6-4-10-3-2-7(6)8(9)5-11;1-6-5-9-3-2-7(6)4-8/h4-8,10-11H,1-3H3;2-4,9,11H,5H2,1H3;2-3,5H,1H3. The maximum atomic E-state index is 9.32. The van der Waals surface area contributed by atoms with Gasteiger partial charge in [-0.05, 0) is 87.7 Å². The molecule has 5 aromatic rings. The lowest BCUT2D eigenvalue weighted by Crippen LogP contribution is -2.06. The molecule has 0 aliphatic carbocycles. The number of aliphatic hydroxyl groups is 1. The molecule has 0 aliphatic heterocycles. The first-order valence-corrected chi connectivity index (χ1v) is 13.5. The number of nitriles is 2. The van der Waals surface area contributed by atoms with Gasteiger partial charge in [-0.1, -0.05) is 5.16 Å². The zero-order chi connectivity index (χ0) is 32.1. The monoisotopic (exact) mass is 588 g/mol. The molecule has 44 heavy (non-hydrogen) atoms. The first kappa shape index (κ1) is 32.7. The van der Waals surface area contributed by atoms with E-state index in [1.54, 1.807) is 67.5 Å². The summed E-state index contributed by atoms with van der Waals surface area (Å²) >= 11 is 0. The Hall–Kier alpha value is -5.78. The van der Waals surface area contributed by atoms with Crippen molar-refractivity contribution in [1.29, 1.82) is 15.9 Å². The van der Waals surface area contributed by atoms with E-state index in [-0.39, 0.29) is 18.4 Å². The Balaban J connectivity index is 0.000000217. The van der Waals surface area contributed by atoms with Crippen LogP contribution in [0.3, 0.4) is 0 Å². The number of hydrogen-bond acceptors (Lipinski definition) is 11. The molecule has 0 aliphatic rings. The van der Waals surface area contributed by atoms with Crippen LogP contribution in [0.5, 0.6) is 5.75 Å². The highest BCUT2D eigenvalue weighted by Gasteiger charge is 2.15. The van der Waals surface area contributed by atoms with Crippen LogP contribution >= 0.6 is 0 Å². The summed E-state index contributed by atoms with van der Waals surface area (Å²) < 4.78 is 11.0. The molecule has 1 aromatic carbocycles. The highest BCUT2D eigenvalue weighted by molar-refractivity contribution is 6.00. The fourth-order valence-electron chi connectivity index (χ4n) is 3.78. The molecule has 11 nitrogen and oxygen atoms in total. The smallest absolute Gasteiger partial charge is 0.258 e. The molecule has 5 rings (SSSR count). The first-order valence-electron chi connectivity index (χ1n) is 13.5. The van der Waals surface area contributed by atoms with Crippen molar-refractivity contribution in [1.82, 2.24) is 25.1 Å². The normalized spacial score (nSPS) is 9.93. The zero-order valence-electron chi connectivity index (χ0n) is 25.1. The molecule has 0 unspecified atom stereocenters. The SMILES string of the molecule is Cc1cnccc1-c1noc(-c2ccc(OC(C)C)c(C#N)c2)n1.Cc1cnccc1C#N.Cc1cnccc1C(=N)CO. The highest BCUT2D eigenvalue weighted by Crippen LogP contribution is 2.28. The van der Waals surface area contributed by atoms with Crippen LogP contribution in [0.4, 0.5) is 0 Å². The van der Waals surface area contributed by atoms with Gasteiger partial charge in [0, 0.05) is 53.9 Å². The molecule has 2 N–H and O–H groups in total. The summed E-state index contributed by atoms with van der Waals surface area (Å²) in [7, 11) is 0. The van der Waals surface area contributed by atoms with E-state index in [9.17, 15) is 5.26 Å². The molecule has 0 radical (unpaired) electrons. The van der Waals surface area contributed by atoms with Crippen molar-refractivity contribution in [3.8, 4) is 40.7 Å². The van der Waals surface area contributed by atoms with E-state index in [4.69, 9.17) is 25.0 Å². The third-order valence-electron chi connectivity index (χ3n) is 6.04. The maximum absolute atomic E-state index is 9.32. The lowest BCUT2D eigenvalue weighted by atomic mass is 10.1. The summed E-state index contributed by atoms with van der Waals surface area (Å²) in [5.74, 6) is 1.39. The van der Waals surface area contributed by atoms with Gasteiger partial charge in [0.25, 0.3) is 5.89 Å². The highest BCUT2D eigenvalue weighted by atomic mass is 16.5. The number of aryl methyl sites for hydroxylation is 3. The Labute approximate surface area is 256 Å². The summed E-state index contributed by atoms with van der Waals surface area (Å²) in [4.78, 5) is 16.2. The number of pyridine rings is 3. The van der Waals surface area contributed by atoms with Gasteiger partial charge in [0.15, 0.2) is 0 Å². The van der Waals surface area contributed by atoms with E-state index in [0.717, 1.165) is 27.8 Å². The van der Waals surface area contributed by atoms with Crippen LogP contribution in [-0.4, -0.2) is 48.6 Å². The Morgan fingerprint density at radius 1 is 0.886 bits per heavy atom. The minimum atomic E-state index is -0.217. The van der Waals surface area contributed by atoms with Crippen molar-refractivity contribution in [2.75, 3.05) is 6.61 Å². The lowest BCUT2D eigenvalue weighted by Gasteiger charge is -2.11. The molecule has 0 atom stereocenters. The van der Waals surface area contributed by atoms with Crippen LogP contribution in [-0.2, 0) is 0 Å². The quantitative estimate of drug-likeness (QED) is 0.231. The van der Waals surface area contributed by atoms with Gasteiger partial charge in [0.2, 0.25) is 5.82 Å². The van der Waals surface area contributed by atoms with Crippen LogP contribution < -0.4 is 4.74 Å². The molecule has 0 fully saturated rings. The number of benzene rings is 1. The Bertz CT molecular complexity index is 1800. The predicted octanol–water partition coefficient (Wildman–Crippen LogP) is 5.78. The van der Waals surface area contributed by atoms with Crippen LogP contribution in [0.15, 0.2) is 78.1 Å². The van der Waals surface area contributed by atoms with Crippen molar-refractivity contribution in [3.05, 3.63) is 107 Å². The van der Waals surface area contributed by atoms with E-state index in [1.807, 2.05) is 40.7 Å². The molecule has 0 saturated heterocycles. The van der Waals surface area contributed by atoms with Gasteiger partial charge in [-0.25, -0.2) is 0 Å². The summed E-state index contributed by atoms with van der Waals surface area (Å²) in [5.41, 5.74) is 6.49. The Morgan fingerprint density at radius 3 is 2.09 bits per heavy atom. The summed E-state index contributed by atoms with van der Waals surface area (Å²) in [6, 6.07) is 14.7. The number of nitrogens with zero attached hydrogens (tertiary/aromatic N) is 7. The average Bonchev–Trinajstić information content (AvgIpc) is 3.52. The van der Waals surface area contributed by atoms with Gasteiger partial charge in [0.05, 0.1) is 35.6 Å². The zero-order valence-corrected chi connectivity index (χ0v) is 25.1. The minimum absolute atomic E-state index is 0.00683. The Kier molecular flexibility index (Phi) is 11.9. The molecule has 0 spiro atoms. The van der Waals surface area contributed by atoms with Gasteiger partial charge < -0.3 is 19.8 Å². The fourth-order valence-corrected chi connectivity index (χ4v) is 3.78. The second-order valence-electron chi connectivity index (χ2n) is 9.73. The van der Waals surface area contributed by atoms with Gasteiger partial charge in [0.1, 0.15) is 11.8 Å². The third-order valence-corrected chi connectivity index (χ3v) is 6.04. The largest absolute Gasteiger partial charge is 0.490 e. The third kappa shape index (κ3) is 8.86. The second-order valence-corrected chi connectivity index (χ2v) is 9.73. The molecule has 4 heterocycles. The number of hydrogen-bond donors (Lipinski definition) is 2. The van der Waals surface area contributed by atoms with Gasteiger partial charge in [-0.15, -0.1) is 0 Å². The maximum Gasteiger partial charge on any atom is 0.258 e. The van der Waals surface area contributed by atoms with Crippen molar-refractivity contribution < 1.29 is 14.4 Å². The summed E-state index contributed by atoms with van der Waals surface area (Å²) in [6.07, 6.45) is 10.0. The first-order chi connectivity index (χ1) is 21.2. The van der Waals surface area contributed by atoms with Gasteiger partial charge >= 0.3 is 0 Å². The molecule has 222 valence electrons. The molecular weight excluding hydrogens is 556 g/mol. The fraction of sp³-hybridized carbons (Fsp3) is 0.212. The summed E-state index contributed by atoms with van der Waals surface area (Å²) in [6.45, 7) is 9.28. The molecular formula is C33H32N8O3. The average molecular weight is 589 g/mol. The number of ether oxygens (including phenoxy) is 1. The van der Waals surface area contributed by atoms with Crippen molar-refractivity contribution in [3.63, 3.8) is 0 Å². The van der Waals surface area contributed by atoms with E-state index < -0.39 is 0 Å². The van der Waals surface area contributed by atoms with Gasteiger partial charge in [-0.3, -0.25) is 15.0 Å². The van der Waals surface area contributed by atoms with Crippen LogP contribution in [0.1, 0.15) is 47.2 Å². The molecule has 4 aromatic heterocycles. The minimum Gasteiger partial charge on any atom is -0.490 e. The van der Waals surface area contributed by atoms with Crippen LogP contribution in [0.25, 0.3) is 22.8 Å². The van der Waals surface area contributed by atoms with E-state index in [1.165, 1.54) is 0 Å². The number of rotatable bonds is 6. The second kappa shape index (κ2) is 16.0. The number of nitrogens with one attached hydrogen (secondary N) is 1. The topological polar surface area (TPSA) is 178 Å². The van der Waals surface area contributed by atoms with E-state index in [0.29, 0.717) is 34.2 Å². The summed E-state index contributed by atoms with van der Waals surface area (Å²) in [5, 5.41) is 37.8. The van der Waals surface area contributed by atoms with Crippen molar-refractivity contribution in [2.45, 2.75) is 40.7 Å². The van der Waals surface area contributed by atoms with Gasteiger partial charge in [-0.2, -0.15) is 15.5 Å². The lowest BCUT2D eigenvalue weighted by molar-refractivity contribution is 0.241. The Morgan fingerprint density at radius 2 is 1.52 bits per heavy atom. The van der Waals surface area contributed by atoms with Crippen LogP contribution in [0, 0.1) is 48.8 Å². The molecule has 0 amide bonds.